The first kappa shape index (κ1) is 12.0. The molecule has 3 nitrogen and oxygen atoms in total. The van der Waals surface area contributed by atoms with Gasteiger partial charge in [0.1, 0.15) is 5.02 Å². The van der Waals surface area contributed by atoms with Crippen LogP contribution in [0.2, 0.25) is 5.02 Å². The fourth-order valence-electron chi connectivity index (χ4n) is 0.942. The molecule has 1 rings (SSSR count). The first-order valence-electron chi connectivity index (χ1n) is 4.14. The molecule has 0 bridgehead atoms. The molecule has 5 heteroatoms. The second-order valence-corrected chi connectivity index (χ2v) is 3.86. The van der Waals surface area contributed by atoms with Crippen LogP contribution in [0.3, 0.4) is 0 Å². The third-order valence-corrected chi connectivity index (χ3v) is 2.31. The lowest BCUT2D eigenvalue weighted by molar-refractivity contribution is -0.384. The zero-order valence-corrected chi connectivity index (χ0v) is 10.0. The molecule has 1 aromatic rings. The summed E-state index contributed by atoms with van der Waals surface area (Å²) in [6, 6.07) is 4.53. The van der Waals surface area contributed by atoms with E-state index in [1.807, 2.05) is 0 Å². The predicted molar refractivity (Wildman–Crippen MR) is 63.4 cm³/mol. The molecule has 0 N–H and O–H groups in total. The topological polar surface area (TPSA) is 43.1 Å². The summed E-state index contributed by atoms with van der Waals surface area (Å²) in [7, 11) is 0. The molecule has 0 aliphatic rings. The van der Waals surface area contributed by atoms with Crippen LogP contribution in [0, 0.1) is 22.0 Å². The van der Waals surface area contributed by atoms with Gasteiger partial charge in [-0.2, -0.15) is 0 Å². The van der Waals surface area contributed by atoms with E-state index in [0.717, 1.165) is 5.33 Å². The highest BCUT2D eigenvalue weighted by Crippen LogP contribution is 2.24. The molecular formula is C10H7BrClNO2. The summed E-state index contributed by atoms with van der Waals surface area (Å²) < 4.78 is 0. The number of halogens is 2. The highest BCUT2D eigenvalue weighted by atomic mass is 79.9. The molecule has 0 fully saturated rings. The van der Waals surface area contributed by atoms with Gasteiger partial charge in [0.05, 0.1) is 4.92 Å². The average Bonchev–Trinajstić information content (AvgIpc) is 2.20. The number of rotatable bonds is 2. The molecule has 0 aliphatic carbocycles. The number of benzene rings is 1. The Labute approximate surface area is 101 Å². The second kappa shape index (κ2) is 5.74. The summed E-state index contributed by atoms with van der Waals surface area (Å²) in [5.41, 5.74) is 0.495. The Morgan fingerprint density at radius 3 is 2.87 bits per heavy atom. The van der Waals surface area contributed by atoms with Crippen LogP contribution < -0.4 is 0 Å². The van der Waals surface area contributed by atoms with Gasteiger partial charge < -0.3 is 0 Å². The van der Waals surface area contributed by atoms with Crippen LogP contribution in [0.4, 0.5) is 5.69 Å². The Hall–Kier alpha value is -1.05. The van der Waals surface area contributed by atoms with Crippen molar-refractivity contribution in [3.63, 3.8) is 0 Å². The van der Waals surface area contributed by atoms with Crippen molar-refractivity contribution in [2.75, 3.05) is 5.33 Å². The van der Waals surface area contributed by atoms with Gasteiger partial charge in [0.15, 0.2) is 0 Å². The van der Waals surface area contributed by atoms with E-state index in [1.165, 1.54) is 12.1 Å². The molecule has 0 unspecified atom stereocenters. The summed E-state index contributed by atoms with van der Waals surface area (Å²) in [5, 5.41) is 11.5. The van der Waals surface area contributed by atoms with E-state index < -0.39 is 4.92 Å². The molecule has 0 spiro atoms. The molecular weight excluding hydrogens is 281 g/mol. The van der Waals surface area contributed by atoms with Gasteiger partial charge in [-0.3, -0.25) is 10.1 Å². The summed E-state index contributed by atoms with van der Waals surface area (Å²) in [5.74, 6) is 5.70. The molecule has 0 amide bonds. The maximum Gasteiger partial charge on any atom is 0.289 e. The number of hydrogen-bond donors (Lipinski definition) is 0. The quantitative estimate of drug-likeness (QED) is 0.362. The largest absolute Gasteiger partial charge is 0.289 e. The van der Waals surface area contributed by atoms with E-state index in [9.17, 15) is 10.1 Å². The van der Waals surface area contributed by atoms with Crippen molar-refractivity contribution in [1.82, 2.24) is 0 Å². The SMILES string of the molecule is O=[N+]([O-])c1cc(C#CCCBr)ccc1Cl. The van der Waals surface area contributed by atoms with E-state index in [-0.39, 0.29) is 10.7 Å². The van der Waals surface area contributed by atoms with Crippen molar-refractivity contribution in [2.24, 2.45) is 0 Å². The minimum atomic E-state index is -0.516. The van der Waals surface area contributed by atoms with Crippen LogP contribution in [0.25, 0.3) is 0 Å². The zero-order chi connectivity index (χ0) is 11.3. The van der Waals surface area contributed by atoms with Crippen molar-refractivity contribution in [2.45, 2.75) is 6.42 Å². The fourth-order valence-corrected chi connectivity index (χ4v) is 1.33. The molecule has 0 heterocycles. The first-order valence-corrected chi connectivity index (χ1v) is 5.64. The summed E-state index contributed by atoms with van der Waals surface area (Å²) in [4.78, 5) is 10.1. The predicted octanol–water partition coefficient (Wildman–Crippen LogP) is 3.38. The molecule has 0 saturated carbocycles. The van der Waals surface area contributed by atoms with E-state index in [4.69, 9.17) is 11.6 Å². The minimum Gasteiger partial charge on any atom is -0.258 e. The number of nitro benzene ring substituents is 1. The normalized spacial score (nSPS) is 9.20. The van der Waals surface area contributed by atoms with E-state index in [0.29, 0.717) is 12.0 Å². The first-order chi connectivity index (χ1) is 7.15. The number of hydrogen-bond acceptors (Lipinski definition) is 2. The molecule has 0 atom stereocenters. The standard InChI is InChI=1S/C10H7BrClNO2/c11-6-2-1-3-8-4-5-9(12)10(7-8)13(14)15/h4-5,7H,2,6H2. The fraction of sp³-hybridized carbons (Fsp3) is 0.200. The Bertz CT molecular complexity index is 437. The van der Waals surface area contributed by atoms with Crippen molar-refractivity contribution in [3.05, 3.63) is 38.9 Å². The number of nitrogens with zero attached hydrogens (tertiary/aromatic N) is 1. The number of alkyl halides is 1. The molecule has 0 radical (unpaired) electrons. The van der Waals surface area contributed by atoms with Crippen molar-refractivity contribution < 1.29 is 4.92 Å². The van der Waals surface area contributed by atoms with Crippen molar-refractivity contribution in [3.8, 4) is 11.8 Å². The van der Waals surface area contributed by atoms with E-state index in [2.05, 4.69) is 27.8 Å². The van der Waals surface area contributed by atoms with Gasteiger partial charge in [0.2, 0.25) is 0 Å². The molecule has 1 aromatic carbocycles. The van der Waals surface area contributed by atoms with Gasteiger partial charge in [0.25, 0.3) is 5.69 Å². The van der Waals surface area contributed by atoms with Crippen LogP contribution in [0.5, 0.6) is 0 Å². The molecule has 0 aromatic heterocycles. The van der Waals surface area contributed by atoms with Crippen LogP contribution in [0.15, 0.2) is 18.2 Å². The Morgan fingerprint density at radius 1 is 1.53 bits per heavy atom. The van der Waals surface area contributed by atoms with Crippen LogP contribution >= 0.6 is 27.5 Å². The maximum absolute atomic E-state index is 10.6. The van der Waals surface area contributed by atoms with Crippen molar-refractivity contribution in [1.29, 1.82) is 0 Å². The molecule has 15 heavy (non-hydrogen) atoms. The van der Waals surface area contributed by atoms with Crippen LogP contribution in [0.1, 0.15) is 12.0 Å². The average molecular weight is 289 g/mol. The summed E-state index contributed by atoms with van der Waals surface area (Å²) in [6.45, 7) is 0. The third-order valence-electron chi connectivity index (χ3n) is 1.60. The van der Waals surface area contributed by atoms with Gasteiger partial charge in [0, 0.05) is 23.4 Å². The highest BCUT2D eigenvalue weighted by molar-refractivity contribution is 9.09. The van der Waals surface area contributed by atoms with Gasteiger partial charge in [-0.25, -0.2) is 0 Å². The van der Waals surface area contributed by atoms with Gasteiger partial charge >= 0.3 is 0 Å². The Balaban J connectivity index is 2.99. The van der Waals surface area contributed by atoms with E-state index >= 15 is 0 Å². The highest BCUT2D eigenvalue weighted by Gasteiger charge is 2.11. The zero-order valence-electron chi connectivity index (χ0n) is 7.67. The van der Waals surface area contributed by atoms with Gasteiger partial charge in [-0.15, -0.1) is 0 Å². The van der Waals surface area contributed by atoms with Crippen LogP contribution in [-0.4, -0.2) is 10.3 Å². The van der Waals surface area contributed by atoms with Crippen LogP contribution in [-0.2, 0) is 0 Å². The number of nitro groups is 1. The third kappa shape index (κ3) is 3.54. The Morgan fingerprint density at radius 2 is 2.27 bits per heavy atom. The lowest BCUT2D eigenvalue weighted by atomic mass is 10.2. The molecule has 0 saturated heterocycles. The maximum atomic E-state index is 10.6. The van der Waals surface area contributed by atoms with Gasteiger partial charge in [-0.05, 0) is 12.1 Å². The summed E-state index contributed by atoms with van der Waals surface area (Å²) >= 11 is 8.90. The smallest absolute Gasteiger partial charge is 0.258 e. The van der Waals surface area contributed by atoms with E-state index in [1.54, 1.807) is 6.07 Å². The Kier molecular flexibility index (Phi) is 4.60. The van der Waals surface area contributed by atoms with Crippen molar-refractivity contribution >= 4 is 33.2 Å². The summed E-state index contributed by atoms with van der Waals surface area (Å²) in [6.07, 6.45) is 0.705. The van der Waals surface area contributed by atoms with Gasteiger partial charge in [-0.1, -0.05) is 39.4 Å². The lowest BCUT2D eigenvalue weighted by Gasteiger charge is -1.95. The second-order valence-electron chi connectivity index (χ2n) is 2.66. The monoisotopic (exact) mass is 287 g/mol. The molecule has 78 valence electrons. The molecule has 0 aliphatic heterocycles. The minimum absolute atomic E-state index is 0.109. The lowest BCUT2D eigenvalue weighted by Crippen LogP contribution is -1.89.